The van der Waals surface area contributed by atoms with Crippen LogP contribution in [0, 0.1) is 0 Å². The van der Waals surface area contributed by atoms with Gasteiger partial charge in [0.1, 0.15) is 11.5 Å². The van der Waals surface area contributed by atoms with Crippen LogP contribution >= 0.6 is 0 Å². The molecule has 0 aromatic heterocycles. The largest absolute Gasteiger partial charge is 0.493 e. The van der Waals surface area contributed by atoms with Crippen LogP contribution in [-0.4, -0.2) is 24.8 Å². The molecule has 200 valence electrons. The van der Waals surface area contributed by atoms with Crippen LogP contribution < -0.4 is 9.47 Å². The highest BCUT2D eigenvalue weighted by atomic mass is 16.5. The fourth-order valence-corrected chi connectivity index (χ4v) is 4.36. The lowest BCUT2D eigenvalue weighted by atomic mass is 9.95. The molecule has 0 aliphatic carbocycles. The van der Waals surface area contributed by atoms with Crippen molar-refractivity contribution in [1.29, 1.82) is 0 Å². The number of carbonyl (C=O) groups is 2. The monoisotopic (exact) mass is 520 g/mol. The molecule has 4 aromatic carbocycles. The van der Waals surface area contributed by atoms with Gasteiger partial charge in [-0.2, -0.15) is 0 Å². The molecule has 0 bridgehead atoms. The van der Waals surface area contributed by atoms with Crippen molar-refractivity contribution in [3.8, 4) is 11.5 Å². The molecule has 0 N–H and O–H groups in total. The molecular weight excluding hydrogens is 484 g/mol. The second kappa shape index (κ2) is 14.1. The quantitative estimate of drug-likeness (QED) is 0.125. The van der Waals surface area contributed by atoms with E-state index in [4.69, 9.17) is 9.47 Å². The summed E-state index contributed by atoms with van der Waals surface area (Å²) in [7, 11) is 0. The molecule has 4 rings (SSSR count). The van der Waals surface area contributed by atoms with Crippen LogP contribution in [0.3, 0.4) is 0 Å². The lowest BCUT2D eigenvalue weighted by Gasteiger charge is -2.15. The highest BCUT2D eigenvalue weighted by Crippen LogP contribution is 2.28. The highest BCUT2D eigenvalue weighted by molar-refractivity contribution is 6.11. The molecule has 0 heterocycles. The van der Waals surface area contributed by atoms with E-state index < -0.39 is 0 Å². The van der Waals surface area contributed by atoms with E-state index in [2.05, 4.69) is 13.8 Å². The lowest BCUT2D eigenvalue weighted by molar-refractivity contribution is 0.102. The maximum Gasteiger partial charge on any atom is 0.196 e. The van der Waals surface area contributed by atoms with E-state index in [1.165, 1.54) is 0 Å². The minimum Gasteiger partial charge on any atom is -0.493 e. The molecule has 4 nitrogen and oxygen atoms in total. The summed E-state index contributed by atoms with van der Waals surface area (Å²) >= 11 is 0. The van der Waals surface area contributed by atoms with E-state index in [0.29, 0.717) is 53.4 Å². The zero-order chi connectivity index (χ0) is 27.5. The number of rotatable bonds is 14. The van der Waals surface area contributed by atoms with Gasteiger partial charge >= 0.3 is 0 Å². The van der Waals surface area contributed by atoms with E-state index in [1.54, 1.807) is 0 Å². The van der Waals surface area contributed by atoms with Crippen molar-refractivity contribution in [2.45, 2.75) is 46.0 Å². The Morgan fingerprint density at radius 3 is 1.36 bits per heavy atom. The van der Waals surface area contributed by atoms with Crippen LogP contribution in [0.2, 0.25) is 0 Å². The smallest absolute Gasteiger partial charge is 0.196 e. The van der Waals surface area contributed by atoms with Gasteiger partial charge in [-0.3, -0.25) is 9.59 Å². The Labute approximate surface area is 231 Å². The Kier molecular flexibility index (Phi) is 10.1. The number of carbonyl (C=O) groups excluding carboxylic acids is 2. The minimum absolute atomic E-state index is 0.0661. The number of hydrogen-bond acceptors (Lipinski definition) is 4. The van der Waals surface area contributed by atoms with Crippen molar-refractivity contribution in [2.75, 3.05) is 13.2 Å². The Bertz CT molecular complexity index is 1270. The molecule has 0 saturated carbocycles. The summed E-state index contributed by atoms with van der Waals surface area (Å²) < 4.78 is 12.0. The topological polar surface area (TPSA) is 52.6 Å². The molecular formula is C35H36O4. The van der Waals surface area contributed by atoms with Crippen molar-refractivity contribution in [3.63, 3.8) is 0 Å². The first kappa shape index (κ1) is 27.8. The molecule has 4 aromatic rings. The average Bonchev–Trinajstić information content (AvgIpc) is 2.99. The molecule has 0 radical (unpaired) electrons. The summed E-state index contributed by atoms with van der Waals surface area (Å²) in [6.45, 7) is 5.35. The number of hydrogen-bond donors (Lipinski definition) is 0. The molecule has 0 fully saturated rings. The average molecular weight is 521 g/mol. The number of unbranched alkanes of at least 4 members (excludes halogenated alkanes) is 2. The van der Waals surface area contributed by atoms with E-state index in [0.717, 1.165) is 36.8 Å². The molecule has 0 aliphatic rings. The SMILES string of the molecule is CCCCOc1ccc(Cc2ccc(OCCCC)c(C(=O)c3ccccc3)c2)cc1C(=O)c1ccccc1. The fourth-order valence-electron chi connectivity index (χ4n) is 4.36. The predicted octanol–water partition coefficient (Wildman–Crippen LogP) is 8.10. The van der Waals surface area contributed by atoms with Gasteiger partial charge in [-0.05, 0) is 54.7 Å². The van der Waals surface area contributed by atoms with E-state index >= 15 is 0 Å². The van der Waals surface area contributed by atoms with E-state index in [1.807, 2.05) is 97.1 Å². The maximum absolute atomic E-state index is 13.4. The zero-order valence-corrected chi connectivity index (χ0v) is 22.8. The molecule has 0 spiro atoms. The van der Waals surface area contributed by atoms with Gasteiger partial charge in [0.05, 0.1) is 24.3 Å². The van der Waals surface area contributed by atoms with Crippen LogP contribution in [0.25, 0.3) is 0 Å². The number of ether oxygens (including phenoxy) is 2. The Balaban J connectivity index is 1.65. The summed E-state index contributed by atoms with van der Waals surface area (Å²) in [5, 5.41) is 0. The molecule has 0 unspecified atom stereocenters. The summed E-state index contributed by atoms with van der Waals surface area (Å²) in [6.07, 6.45) is 4.44. The molecule has 0 saturated heterocycles. The van der Waals surface area contributed by atoms with E-state index in [-0.39, 0.29) is 11.6 Å². The molecule has 0 aliphatic heterocycles. The standard InChI is InChI=1S/C35H36O4/c1-3-5-21-38-32-19-17-26(24-30(32)34(36)28-13-9-7-10-14-28)23-27-18-20-33(39-22-6-4-2)31(25-27)35(37)29-15-11-8-12-16-29/h7-20,24-25H,3-6,21-23H2,1-2H3. The van der Waals surface area contributed by atoms with Crippen molar-refractivity contribution >= 4 is 11.6 Å². The Hall–Kier alpha value is -4.18. The second-order valence-corrected chi connectivity index (χ2v) is 9.63. The summed E-state index contributed by atoms with van der Waals surface area (Å²) in [6, 6.07) is 30.1. The molecule has 4 heteroatoms. The lowest BCUT2D eigenvalue weighted by Crippen LogP contribution is -2.08. The Morgan fingerprint density at radius 2 is 0.974 bits per heavy atom. The van der Waals surface area contributed by atoms with Gasteiger partial charge in [-0.1, -0.05) is 99.5 Å². The highest BCUT2D eigenvalue weighted by Gasteiger charge is 2.18. The minimum atomic E-state index is -0.0661. The van der Waals surface area contributed by atoms with Crippen molar-refractivity contribution < 1.29 is 19.1 Å². The van der Waals surface area contributed by atoms with Crippen molar-refractivity contribution in [1.82, 2.24) is 0 Å². The number of ketones is 2. The Morgan fingerprint density at radius 1 is 0.564 bits per heavy atom. The van der Waals surface area contributed by atoms with Crippen molar-refractivity contribution in [3.05, 3.63) is 130 Å². The van der Waals surface area contributed by atoms with Gasteiger partial charge in [0.25, 0.3) is 0 Å². The predicted molar refractivity (Wildman–Crippen MR) is 156 cm³/mol. The molecule has 0 amide bonds. The fraction of sp³-hybridized carbons (Fsp3) is 0.257. The zero-order valence-electron chi connectivity index (χ0n) is 22.8. The van der Waals surface area contributed by atoms with Gasteiger partial charge < -0.3 is 9.47 Å². The van der Waals surface area contributed by atoms with Gasteiger partial charge in [-0.15, -0.1) is 0 Å². The normalized spacial score (nSPS) is 10.7. The summed E-state index contributed by atoms with van der Waals surface area (Å²) in [5.41, 5.74) is 4.29. The third-order valence-corrected chi connectivity index (χ3v) is 6.57. The first-order valence-electron chi connectivity index (χ1n) is 13.8. The van der Waals surface area contributed by atoms with Crippen molar-refractivity contribution in [2.24, 2.45) is 0 Å². The van der Waals surface area contributed by atoms with Gasteiger partial charge in [0.15, 0.2) is 11.6 Å². The first-order valence-corrected chi connectivity index (χ1v) is 13.8. The van der Waals surface area contributed by atoms with Crippen LogP contribution in [0.4, 0.5) is 0 Å². The summed E-state index contributed by atoms with van der Waals surface area (Å²) in [5.74, 6) is 1.06. The summed E-state index contributed by atoms with van der Waals surface area (Å²) in [4.78, 5) is 26.9. The second-order valence-electron chi connectivity index (χ2n) is 9.63. The first-order chi connectivity index (χ1) is 19.1. The van der Waals surface area contributed by atoms with Crippen LogP contribution in [0.15, 0.2) is 97.1 Å². The van der Waals surface area contributed by atoms with Crippen LogP contribution in [0.1, 0.15) is 82.5 Å². The van der Waals surface area contributed by atoms with Gasteiger partial charge in [0, 0.05) is 11.1 Å². The van der Waals surface area contributed by atoms with Crippen LogP contribution in [0.5, 0.6) is 11.5 Å². The third kappa shape index (κ3) is 7.44. The molecule has 39 heavy (non-hydrogen) atoms. The maximum atomic E-state index is 13.4. The molecule has 0 atom stereocenters. The van der Waals surface area contributed by atoms with Gasteiger partial charge in [0.2, 0.25) is 0 Å². The van der Waals surface area contributed by atoms with Gasteiger partial charge in [-0.25, -0.2) is 0 Å². The third-order valence-electron chi connectivity index (χ3n) is 6.57. The van der Waals surface area contributed by atoms with Crippen LogP contribution in [-0.2, 0) is 6.42 Å². The number of benzene rings is 4. The van der Waals surface area contributed by atoms with E-state index in [9.17, 15) is 9.59 Å².